The molecule has 1 atom stereocenters. The standard InChI is InChI=1S/C27H22ClNO3/c1-3-24(26(30)19-9-5-4-6-10-19)32-27(31)22-16-23(18-12-14-20(28)15-13-18)29-25-17(2)8-7-11-21(22)25/h4-16,24H,3H2,1-2H3. The van der Waals surface area contributed by atoms with Crippen LogP contribution in [0.25, 0.3) is 22.2 Å². The summed E-state index contributed by atoms with van der Waals surface area (Å²) in [6.07, 6.45) is -0.483. The van der Waals surface area contributed by atoms with E-state index in [-0.39, 0.29) is 5.78 Å². The van der Waals surface area contributed by atoms with Gasteiger partial charge in [0.15, 0.2) is 6.10 Å². The molecule has 32 heavy (non-hydrogen) atoms. The summed E-state index contributed by atoms with van der Waals surface area (Å²) >= 11 is 6.03. The number of fused-ring (bicyclic) bond motifs is 1. The summed E-state index contributed by atoms with van der Waals surface area (Å²) in [7, 11) is 0. The van der Waals surface area contributed by atoms with E-state index in [0.29, 0.717) is 39.2 Å². The first-order valence-electron chi connectivity index (χ1n) is 10.4. The highest BCUT2D eigenvalue weighted by atomic mass is 35.5. The van der Waals surface area contributed by atoms with Gasteiger partial charge in [-0.05, 0) is 37.1 Å². The molecule has 0 N–H and O–H groups in total. The molecule has 0 fully saturated rings. The predicted octanol–water partition coefficient (Wildman–Crippen LogP) is 6.68. The van der Waals surface area contributed by atoms with E-state index in [4.69, 9.17) is 21.3 Å². The molecule has 5 heteroatoms. The fourth-order valence-electron chi connectivity index (χ4n) is 3.63. The summed E-state index contributed by atoms with van der Waals surface area (Å²) in [5.41, 5.74) is 4.03. The molecule has 0 saturated carbocycles. The monoisotopic (exact) mass is 443 g/mol. The topological polar surface area (TPSA) is 56.3 Å². The first-order chi connectivity index (χ1) is 15.5. The number of nitrogens with zero attached hydrogens (tertiary/aromatic N) is 1. The highest BCUT2D eigenvalue weighted by molar-refractivity contribution is 6.30. The third-order valence-electron chi connectivity index (χ3n) is 5.37. The maximum absolute atomic E-state index is 13.3. The molecule has 1 unspecified atom stereocenters. The molecule has 160 valence electrons. The molecule has 0 bridgehead atoms. The molecule has 1 heterocycles. The molecule has 0 amide bonds. The van der Waals surface area contributed by atoms with E-state index in [1.165, 1.54) is 0 Å². The van der Waals surface area contributed by atoms with Gasteiger partial charge in [-0.25, -0.2) is 9.78 Å². The fourth-order valence-corrected chi connectivity index (χ4v) is 3.76. The van der Waals surface area contributed by atoms with Gasteiger partial charge in [-0.15, -0.1) is 0 Å². The van der Waals surface area contributed by atoms with E-state index in [9.17, 15) is 9.59 Å². The minimum absolute atomic E-state index is 0.214. The number of ether oxygens (including phenoxy) is 1. The number of halogens is 1. The number of ketones is 1. The zero-order valence-electron chi connectivity index (χ0n) is 17.8. The lowest BCUT2D eigenvalue weighted by molar-refractivity contribution is 0.0279. The smallest absolute Gasteiger partial charge is 0.339 e. The number of hydrogen-bond acceptors (Lipinski definition) is 4. The van der Waals surface area contributed by atoms with Crippen LogP contribution in [0, 0.1) is 6.92 Å². The van der Waals surface area contributed by atoms with Crippen LogP contribution in [0.1, 0.15) is 39.6 Å². The molecule has 0 aliphatic heterocycles. The van der Waals surface area contributed by atoms with Crippen molar-refractivity contribution < 1.29 is 14.3 Å². The molecule has 1 aromatic heterocycles. The van der Waals surface area contributed by atoms with Crippen molar-refractivity contribution in [3.05, 3.63) is 101 Å². The lowest BCUT2D eigenvalue weighted by atomic mass is 10.0. The van der Waals surface area contributed by atoms with Crippen molar-refractivity contribution in [3.8, 4) is 11.3 Å². The number of carbonyl (C=O) groups is 2. The van der Waals surface area contributed by atoms with Crippen molar-refractivity contribution in [2.75, 3.05) is 0 Å². The molecular formula is C27H22ClNO3. The number of Topliss-reactive ketones (excluding diaryl/α,β-unsaturated/α-hetero) is 1. The number of pyridine rings is 1. The van der Waals surface area contributed by atoms with Crippen molar-refractivity contribution in [3.63, 3.8) is 0 Å². The second-order valence-corrected chi connectivity index (χ2v) is 8.00. The van der Waals surface area contributed by atoms with E-state index in [0.717, 1.165) is 11.1 Å². The number of para-hydroxylation sites is 1. The SMILES string of the molecule is CCC(OC(=O)c1cc(-c2ccc(Cl)cc2)nc2c(C)cccc12)C(=O)c1ccccc1. The van der Waals surface area contributed by atoms with Crippen LogP contribution in [0.15, 0.2) is 78.9 Å². The summed E-state index contributed by atoms with van der Waals surface area (Å²) in [6, 6.07) is 23.5. The Morgan fingerprint density at radius 2 is 1.69 bits per heavy atom. The number of aryl methyl sites for hydroxylation is 1. The second-order valence-electron chi connectivity index (χ2n) is 7.57. The molecule has 0 aliphatic carbocycles. The van der Waals surface area contributed by atoms with Gasteiger partial charge in [-0.1, -0.05) is 79.2 Å². The van der Waals surface area contributed by atoms with Gasteiger partial charge in [-0.3, -0.25) is 4.79 Å². The van der Waals surface area contributed by atoms with Gasteiger partial charge in [0.25, 0.3) is 0 Å². The van der Waals surface area contributed by atoms with E-state index in [1.807, 2.05) is 50.2 Å². The molecule has 0 aliphatic rings. The first-order valence-corrected chi connectivity index (χ1v) is 10.8. The average molecular weight is 444 g/mol. The van der Waals surface area contributed by atoms with E-state index in [2.05, 4.69) is 0 Å². The van der Waals surface area contributed by atoms with Gasteiger partial charge in [0.05, 0.1) is 16.8 Å². The lowest BCUT2D eigenvalue weighted by Gasteiger charge is -2.17. The Morgan fingerprint density at radius 1 is 0.969 bits per heavy atom. The Bertz CT molecular complexity index is 1280. The number of hydrogen-bond donors (Lipinski definition) is 0. The zero-order valence-corrected chi connectivity index (χ0v) is 18.6. The summed E-state index contributed by atoms with van der Waals surface area (Å²) < 4.78 is 5.72. The third kappa shape index (κ3) is 4.41. The molecule has 0 radical (unpaired) electrons. The van der Waals surface area contributed by atoms with Crippen LogP contribution in [0.3, 0.4) is 0 Å². The normalized spacial score (nSPS) is 11.8. The third-order valence-corrected chi connectivity index (χ3v) is 5.62. The quantitative estimate of drug-likeness (QED) is 0.246. The predicted molar refractivity (Wildman–Crippen MR) is 127 cm³/mol. The molecular weight excluding hydrogens is 422 g/mol. The number of rotatable bonds is 6. The van der Waals surface area contributed by atoms with E-state index < -0.39 is 12.1 Å². The van der Waals surface area contributed by atoms with Crippen LogP contribution in [-0.2, 0) is 4.74 Å². The summed E-state index contributed by atoms with van der Waals surface area (Å²) in [5.74, 6) is -0.761. The Balaban J connectivity index is 1.75. The Labute approximate surface area is 191 Å². The lowest BCUT2D eigenvalue weighted by Crippen LogP contribution is -2.27. The Hall–Kier alpha value is -3.50. The fraction of sp³-hybridized carbons (Fsp3) is 0.148. The number of aromatic nitrogens is 1. The van der Waals surface area contributed by atoms with Crippen LogP contribution >= 0.6 is 11.6 Å². The number of esters is 1. The maximum atomic E-state index is 13.3. The summed E-state index contributed by atoms with van der Waals surface area (Å²) in [4.78, 5) is 30.9. The van der Waals surface area contributed by atoms with Gasteiger partial charge >= 0.3 is 5.97 Å². The van der Waals surface area contributed by atoms with Gasteiger partial charge in [0, 0.05) is 21.5 Å². The maximum Gasteiger partial charge on any atom is 0.339 e. The molecule has 4 aromatic rings. The van der Waals surface area contributed by atoms with Crippen LogP contribution in [0.5, 0.6) is 0 Å². The first kappa shape index (κ1) is 21.7. The van der Waals surface area contributed by atoms with Crippen molar-refractivity contribution in [1.82, 2.24) is 4.98 Å². The highest BCUT2D eigenvalue weighted by Crippen LogP contribution is 2.28. The minimum atomic E-state index is -0.864. The van der Waals surface area contributed by atoms with E-state index >= 15 is 0 Å². The largest absolute Gasteiger partial charge is 0.450 e. The average Bonchev–Trinajstić information content (AvgIpc) is 2.82. The van der Waals surface area contributed by atoms with Crippen LogP contribution in [-0.4, -0.2) is 22.8 Å². The van der Waals surface area contributed by atoms with Gasteiger partial charge < -0.3 is 4.74 Å². The molecule has 3 aromatic carbocycles. The Morgan fingerprint density at radius 3 is 2.38 bits per heavy atom. The molecule has 4 nitrogen and oxygen atoms in total. The zero-order chi connectivity index (χ0) is 22.7. The van der Waals surface area contributed by atoms with Crippen LogP contribution in [0.4, 0.5) is 0 Å². The summed E-state index contributed by atoms with van der Waals surface area (Å²) in [5, 5.41) is 1.31. The van der Waals surface area contributed by atoms with Crippen molar-refractivity contribution in [1.29, 1.82) is 0 Å². The molecule has 0 spiro atoms. The van der Waals surface area contributed by atoms with Crippen molar-refractivity contribution in [2.24, 2.45) is 0 Å². The van der Waals surface area contributed by atoms with Gasteiger partial charge in [0.1, 0.15) is 0 Å². The van der Waals surface area contributed by atoms with Gasteiger partial charge in [-0.2, -0.15) is 0 Å². The molecule has 0 saturated heterocycles. The van der Waals surface area contributed by atoms with Crippen LogP contribution < -0.4 is 0 Å². The van der Waals surface area contributed by atoms with Crippen molar-refractivity contribution in [2.45, 2.75) is 26.4 Å². The number of carbonyl (C=O) groups excluding carboxylic acids is 2. The summed E-state index contributed by atoms with van der Waals surface area (Å²) in [6.45, 7) is 3.77. The minimum Gasteiger partial charge on any atom is -0.450 e. The molecule has 4 rings (SSSR count). The van der Waals surface area contributed by atoms with Crippen LogP contribution in [0.2, 0.25) is 5.02 Å². The second kappa shape index (κ2) is 9.33. The Kier molecular flexibility index (Phi) is 6.33. The highest BCUT2D eigenvalue weighted by Gasteiger charge is 2.25. The van der Waals surface area contributed by atoms with Crippen molar-refractivity contribution >= 4 is 34.3 Å². The van der Waals surface area contributed by atoms with Gasteiger partial charge in [0.2, 0.25) is 5.78 Å². The number of benzene rings is 3. The van der Waals surface area contributed by atoms with E-state index in [1.54, 1.807) is 42.5 Å².